The SMILES string of the molecule is CC(OCc1ccccc1)C(NC(=O)OCC1c2ccccc2-c2ccccc21)C(=O)NCc1ccc(C(=O)O)cc1. The molecule has 4 aromatic rings. The van der Waals surface area contributed by atoms with Gasteiger partial charge in [0.2, 0.25) is 5.91 Å². The highest BCUT2D eigenvalue weighted by atomic mass is 16.5. The van der Waals surface area contributed by atoms with Crippen LogP contribution in [0.15, 0.2) is 103 Å². The number of fused-ring (bicyclic) bond motifs is 3. The zero-order chi connectivity index (χ0) is 29.5. The lowest BCUT2D eigenvalue weighted by Gasteiger charge is -2.25. The number of hydrogen-bond donors (Lipinski definition) is 3. The molecule has 1 aliphatic carbocycles. The van der Waals surface area contributed by atoms with E-state index in [-0.39, 0.29) is 31.2 Å². The molecule has 0 radical (unpaired) electrons. The third-order valence-corrected chi connectivity index (χ3v) is 7.39. The van der Waals surface area contributed by atoms with Gasteiger partial charge in [-0.3, -0.25) is 4.79 Å². The number of benzene rings is 4. The molecule has 4 aromatic carbocycles. The largest absolute Gasteiger partial charge is 0.478 e. The summed E-state index contributed by atoms with van der Waals surface area (Å²) in [5.74, 6) is -1.59. The molecule has 8 heteroatoms. The molecule has 0 aliphatic heterocycles. The number of hydrogen-bond acceptors (Lipinski definition) is 5. The van der Waals surface area contributed by atoms with E-state index >= 15 is 0 Å². The summed E-state index contributed by atoms with van der Waals surface area (Å²) in [6.07, 6.45) is -1.40. The van der Waals surface area contributed by atoms with Gasteiger partial charge in [-0.25, -0.2) is 9.59 Å². The molecule has 2 unspecified atom stereocenters. The Bertz CT molecular complexity index is 1510. The quantitative estimate of drug-likeness (QED) is 0.221. The minimum Gasteiger partial charge on any atom is -0.478 e. The van der Waals surface area contributed by atoms with Gasteiger partial charge in [-0.05, 0) is 52.4 Å². The Kier molecular flexibility index (Phi) is 8.94. The molecule has 0 saturated heterocycles. The molecule has 5 rings (SSSR count). The van der Waals surface area contributed by atoms with E-state index in [1.165, 1.54) is 12.1 Å². The molecule has 0 saturated carbocycles. The van der Waals surface area contributed by atoms with Crippen LogP contribution < -0.4 is 10.6 Å². The number of aromatic carboxylic acids is 1. The highest BCUT2D eigenvalue weighted by molar-refractivity contribution is 5.88. The molecule has 2 atom stereocenters. The molecule has 1 aliphatic rings. The predicted octanol–water partition coefficient (Wildman–Crippen LogP) is 5.51. The van der Waals surface area contributed by atoms with E-state index in [9.17, 15) is 14.4 Å². The van der Waals surface area contributed by atoms with Crippen molar-refractivity contribution in [1.29, 1.82) is 0 Å². The number of amides is 2. The second kappa shape index (κ2) is 13.1. The van der Waals surface area contributed by atoms with Crippen LogP contribution >= 0.6 is 0 Å². The minimum absolute atomic E-state index is 0.114. The van der Waals surface area contributed by atoms with Gasteiger partial charge in [0, 0.05) is 12.5 Å². The summed E-state index contributed by atoms with van der Waals surface area (Å²) in [6.45, 7) is 2.24. The fourth-order valence-corrected chi connectivity index (χ4v) is 5.13. The molecule has 214 valence electrons. The normalized spacial score (nSPS) is 13.4. The molecule has 0 heterocycles. The first-order valence-corrected chi connectivity index (χ1v) is 13.8. The summed E-state index contributed by atoms with van der Waals surface area (Å²) in [5.41, 5.74) is 6.23. The van der Waals surface area contributed by atoms with Gasteiger partial charge in [-0.15, -0.1) is 0 Å². The number of carboxylic acids is 1. The fourth-order valence-electron chi connectivity index (χ4n) is 5.13. The summed E-state index contributed by atoms with van der Waals surface area (Å²) >= 11 is 0. The van der Waals surface area contributed by atoms with Crippen molar-refractivity contribution < 1.29 is 29.0 Å². The Balaban J connectivity index is 1.25. The number of nitrogens with one attached hydrogen (secondary N) is 2. The maximum atomic E-state index is 13.3. The summed E-state index contributed by atoms with van der Waals surface area (Å²) in [7, 11) is 0. The van der Waals surface area contributed by atoms with Gasteiger partial charge >= 0.3 is 12.1 Å². The van der Waals surface area contributed by atoms with Crippen molar-refractivity contribution in [2.75, 3.05) is 6.61 Å². The summed E-state index contributed by atoms with van der Waals surface area (Å²) in [4.78, 5) is 37.5. The maximum Gasteiger partial charge on any atom is 0.407 e. The molecule has 8 nitrogen and oxygen atoms in total. The van der Waals surface area contributed by atoms with Crippen molar-refractivity contribution in [3.63, 3.8) is 0 Å². The maximum absolute atomic E-state index is 13.3. The molecule has 3 N–H and O–H groups in total. The van der Waals surface area contributed by atoms with Crippen LogP contribution in [0, 0.1) is 0 Å². The van der Waals surface area contributed by atoms with Crippen molar-refractivity contribution in [1.82, 2.24) is 10.6 Å². The molecule has 2 amide bonds. The van der Waals surface area contributed by atoms with Gasteiger partial charge in [0.05, 0.1) is 18.3 Å². The Hall–Kier alpha value is -4.95. The number of carbonyl (C=O) groups excluding carboxylic acids is 2. The first-order chi connectivity index (χ1) is 20.4. The average molecular weight is 565 g/mol. The Morgan fingerprint density at radius 1 is 0.786 bits per heavy atom. The van der Waals surface area contributed by atoms with E-state index in [0.29, 0.717) is 5.56 Å². The highest BCUT2D eigenvalue weighted by Gasteiger charge is 2.31. The standard InChI is InChI=1S/C34H32N2O6/c1-22(41-20-24-9-3-2-4-10-24)31(32(37)35-19-23-15-17-25(18-16-23)33(38)39)36-34(40)42-21-30-28-13-7-5-11-26(28)27-12-6-8-14-29(27)30/h2-18,22,30-31H,19-21H2,1H3,(H,35,37)(H,36,40)(H,38,39). The van der Waals surface area contributed by atoms with Crippen molar-refractivity contribution in [2.45, 2.75) is 38.1 Å². The van der Waals surface area contributed by atoms with E-state index in [1.54, 1.807) is 19.1 Å². The van der Waals surface area contributed by atoms with Crippen LogP contribution in [-0.2, 0) is 27.4 Å². The summed E-state index contributed by atoms with van der Waals surface area (Å²) in [6, 6.07) is 30.9. The number of rotatable bonds is 11. The van der Waals surface area contributed by atoms with Crippen LogP contribution in [-0.4, -0.2) is 41.8 Å². The third kappa shape index (κ3) is 6.67. The van der Waals surface area contributed by atoms with Gasteiger partial charge in [-0.1, -0.05) is 91.0 Å². The van der Waals surface area contributed by atoms with Crippen LogP contribution in [0.5, 0.6) is 0 Å². The first kappa shape index (κ1) is 28.6. The molecule has 0 bridgehead atoms. The van der Waals surface area contributed by atoms with Crippen LogP contribution in [0.2, 0.25) is 0 Å². The van der Waals surface area contributed by atoms with Gasteiger partial charge < -0.3 is 25.2 Å². The van der Waals surface area contributed by atoms with E-state index in [4.69, 9.17) is 14.6 Å². The summed E-state index contributed by atoms with van der Waals surface area (Å²) in [5, 5.41) is 14.6. The van der Waals surface area contributed by atoms with E-state index in [0.717, 1.165) is 27.8 Å². The molecular weight excluding hydrogens is 532 g/mol. The van der Waals surface area contributed by atoms with Gasteiger partial charge in [-0.2, -0.15) is 0 Å². The number of alkyl carbamates (subject to hydrolysis) is 1. The van der Waals surface area contributed by atoms with Crippen LogP contribution in [0.1, 0.15) is 45.5 Å². The van der Waals surface area contributed by atoms with Gasteiger partial charge in [0.1, 0.15) is 12.6 Å². The Morgan fingerprint density at radius 2 is 1.38 bits per heavy atom. The second-order valence-electron chi connectivity index (χ2n) is 10.2. The second-order valence-corrected chi connectivity index (χ2v) is 10.2. The van der Waals surface area contributed by atoms with E-state index in [1.807, 2.05) is 66.7 Å². The minimum atomic E-state index is -1.04. The lowest BCUT2D eigenvalue weighted by molar-refractivity contribution is -0.127. The highest BCUT2D eigenvalue weighted by Crippen LogP contribution is 2.44. The van der Waals surface area contributed by atoms with Crippen molar-refractivity contribution >= 4 is 18.0 Å². The van der Waals surface area contributed by atoms with Crippen molar-refractivity contribution in [3.8, 4) is 11.1 Å². The third-order valence-electron chi connectivity index (χ3n) is 7.39. The lowest BCUT2D eigenvalue weighted by atomic mass is 9.98. The van der Waals surface area contributed by atoms with Crippen molar-refractivity contribution in [2.24, 2.45) is 0 Å². The Labute approximate surface area is 244 Å². The number of carboxylic acid groups (broad SMARTS) is 1. The monoisotopic (exact) mass is 564 g/mol. The van der Waals surface area contributed by atoms with Crippen LogP contribution in [0.25, 0.3) is 11.1 Å². The van der Waals surface area contributed by atoms with Crippen LogP contribution in [0.3, 0.4) is 0 Å². The zero-order valence-corrected chi connectivity index (χ0v) is 23.2. The zero-order valence-electron chi connectivity index (χ0n) is 23.2. The van der Waals surface area contributed by atoms with Crippen molar-refractivity contribution in [3.05, 3.63) is 131 Å². The number of ether oxygens (including phenoxy) is 2. The first-order valence-electron chi connectivity index (χ1n) is 13.8. The number of carbonyl (C=O) groups is 3. The van der Waals surface area contributed by atoms with Gasteiger partial charge in [0.15, 0.2) is 0 Å². The smallest absolute Gasteiger partial charge is 0.407 e. The predicted molar refractivity (Wildman–Crippen MR) is 158 cm³/mol. The summed E-state index contributed by atoms with van der Waals surface area (Å²) < 4.78 is 11.7. The van der Waals surface area contributed by atoms with E-state index < -0.39 is 30.1 Å². The molecule has 0 fully saturated rings. The molecule has 42 heavy (non-hydrogen) atoms. The fraction of sp³-hybridized carbons (Fsp3) is 0.206. The topological polar surface area (TPSA) is 114 Å². The van der Waals surface area contributed by atoms with Gasteiger partial charge in [0.25, 0.3) is 0 Å². The molecule has 0 aromatic heterocycles. The lowest BCUT2D eigenvalue weighted by Crippen LogP contribution is -2.53. The molecule has 0 spiro atoms. The molecular formula is C34H32N2O6. The average Bonchev–Trinajstić information content (AvgIpc) is 3.34. The van der Waals surface area contributed by atoms with Crippen LogP contribution in [0.4, 0.5) is 4.79 Å². The Morgan fingerprint density at radius 3 is 2.00 bits per heavy atom. The van der Waals surface area contributed by atoms with E-state index in [2.05, 4.69) is 22.8 Å².